The summed E-state index contributed by atoms with van der Waals surface area (Å²) >= 11 is 0. The Morgan fingerprint density at radius 3 is 2.45 bits per heavy atom. The second-order valence-corrected chi connectivity index (χ2v) is 12.7. The minimum atomic E-state index is -0.578. The number of aromatic hydroxyl groups is 1. The summed E-state index contributed by atoms with van der Waals surface area (Å²) in [5.74, 6) is 3.87. The van der Waals surface area contributed by atoms with E-state index in [-0.39, 0.29) is 28.4 Å². The summed E-state index contributed by atoms with van der Waals surface area (Å²) in [7, 11) is 0. The zero-order valence-corrected chi connectivity index (χ0v) is 25.9. The molecule has 6 nitrogen and oxygen atoms in total. The van der Waals surface area contributed by atoms with Crippen molar-refractivity contribution in [1.82, 2.24) is 15.0 Å². The number of benzene rings is 1. The largest absolute Gasteiger partial charge is 0.508 e. The number of aryl methyl sites for hydroxylation is 1. The molecule has 222 valence electrons. The SMILES string of the molecule is C#C/C(=C(\C)CC)c1c(C)cc(O)cc1-c1ncc2c(N3CC(C)CCC(C)C3)nc(OCC3(CC)CC3)nc2c1F. The molecule has 2 fully saturated rings. The number of pyridine rings is 1. The molecule has 1 saturated carbocycles. The van der Waals surface area contributed by atoms with Gasteiger partial charge in [0.1, 0.15) is 22.8 Å². The van der Waals surface area contributed by atoms with Gasteiger partial charge in [0.2, 0.25) is 0 Å². The Balaban J connectivity index is 1.72. The molecular weight excluding hydrogens is 527 g/mol. The molecule has 1 aliphatic carbocycles. The Labute approximate surface area is 249 Å². The van der Waals surface area contributed by atoms with Crippen molar-refractivity contribution in [2.24, 2.45) is 17.3 Å². The van der Waals surface area contributed by atoms with Crippen LogP contribution in [0.4, 0.5) is 10.2 Å². The van der Waals surface area contributed by atoms with Gasteiger partial charge in [0, 0.05) is 41.4 Å². The molecule has 1 aromatic carbocycles. The van der Waals surface area contributed by atoms with Crippen LogP contribution in [-0.2, 0) is 0 Å². The van der Waals surface area contributed by atoms with Gasteiger partial charge in [-0.15, -0.1) is 6.42 Å². The summed E-state index contributed by atoms with van der Waals surface area (Å²) in [6.45, 7) is 14.7. The molecule has 2 unspecified atom stereocenters. The van der Waals surface area contributed by atoms with Gasteiger partial charge in [0.25, 0.3) is 0 Å². The van der Waals surface area contributed by atoms with Crippen LogP contribution in [0.3, 0.4) is 0 Å². The lowest BCUT2D eigenvalue weighted by Gasteiger charge is -2.27. The van der Waals surface area contributed by atoms with E-state index in [1.165, 1.54) is 6.07 Å². The number of rotatable bonds is 8. The summed E-state index contributed by atoms with van der Waals surface area (Å²) in [5, 5.41) is 11.1. The van der Waals surface area contributed by atoms with E-state index in [0.29, 0.717) is 46.3 Å². The molecule has 3 aromatic rings. The second-order valence-electron chi connectivity index (χ2n) is 12.7. The number of aromatic nitrogens is 3. The average molecular weight is 571 g/mol. The fourth-order valence-electron chi connectivity index (χ4n) is 6.13. The Morgan fingerprint density at radius 2 is 1.86 bits per heavy atom. The summed E-state index contributed by atoms with van der Waals surface area (Å²) in [6.07, 6.45) is 13.9. The maximum Gasteiger partial charge on any atom is 0.319 e. The van der Waals surface area contributed by atoms with Crippen LogP contribution in [0.2, 0.25) is 0 Å². The fourth-order valence-corrected chi connectivity index (χ4v) is 6.13. The first kappa shape index (κ1) is 29.8. The zero-order valence-electron chi connectivity index (χ0n) is 25.9. The third kappa shape index (κ3) is 5.82. The Hall–Kier alpha value is -3.66. The van der Waals surface area contributed by atoms with Crippen molar-refractivity contribution in [3.8, 4) is 35.4 Å². The molecule has 2 atom stereocenters. The van der Waals surface area contributed by atoms with Gasteiger partial charge < -0.3 is 14.7 Å². The molecule has 1 aliphatic heterocycles. The Morgan fingerprint density at radius 1 is 1.17 bits per heavy atom. The van der Waals surface area contributed by atoms with Crippen molar-refractivity contribution in [2.75, 3.05) is 24.6 Å². The maximum atomic E-state index is 16.8. The van der Waals surface area contributed by atoms with Crippen molar-refractivity contribution in [1.29, 1.82) is 0 Å². The third-order valence-electron chi connectivity index (χ3n) is 9.30. The molecule has 2 aliphatic rings. The average Bonchev–Trinajstić information content (AvgIpc) is 3.78. The van der Waals surface area contributed by atoms with Crippen LogP contribution in [0.15, 0.2) is 23.9 Å². The molecule has 1 saturated heterocycles. The van der Waals surface area contributed by atoms with Gasteiger partial charge in [-0.25, -0.2) is 4.39 Å². The molecule has 3 heterocycles. The highest BCUT2D eigenvalue weighted by Gasteiger charge is 2.42. The fraction of sp³-hybridized carbons (Fsp3) is 0.514. The molecule has 0 radical (unpaired) electrons. The van der Waals surface area contributed by atoms with Crippen LogP contribution in [0, 0.1) is 42.3 Å². The third-order valence-corrected chi connectivity index (χ3v) is 9.30. The molecule has 2 aromatic heterocycles. The van der Waals surface area contributed by atoms with Crippen LogP contribution in [0.25, 0.3) is 27.7 Å². The van der Waals surface area contributed by atoms with Gasteiger partial charge in [-0.1, -0.05) is 39.2 Å². The summed E-state index contributed by atoms with van der Waals surface area (Å²) in [4.78, 5) is 16.4. The highest BCUT2D eigenvalue weighted by atomic mass is 19.1. The Bertz CT molecular complexity index is 1560. The van der Waals surface area contributed by atoms with Gasteiger partial charge in [-0.2, -0.15) is 9.97 Å². The zero-order chi connectivity index (χ0) is 30.2. The van der Waals surface area contributed by atoms with Crippen molar-refractivity contribution in [3.05, 3.63) is 40.8 Å². The van der Waals surface area contributed by atoms with Crippen molar-refractivity contribution < 1.29 is 14.2 Å². The first-order chi connectivity index (χ1) is 20.1. The predicted octanol–water partition coefficient (Wildman–Crippen LogP) is 8.10. The predicted molar refractivity (Wildman–Crippen MR) is 168 cm³/mol. The lowest BCUT2D eigenvalue weighted by Crippen LogP contribution is -2.31. The number of phenols is 1. The topological polar surface area (TPSA) is 71.4 Å². The van der Waals surface area contributed by atoms with Crippen molar-refractivity contribution in [2.45, 2.75) is 80.1 Å². The number of fused-ring (bicyclic) bond motifs is 1. The number of nitrogens with zero attached hydrogens (tertiary/aromatic N) is 4. The normalized spacial score (nSPS) is 20.6. The monoisotopic (exact) mass is 570 g/mol. The molecule has 0 spiro atoms. The van der Waals surface area contributed by atoms with E-state index in [9.17, 15) is 5.11 Å². The number of hydrogen-bond acceptors (Lipinski definition) is 6. The quantitative estimate of drug-likeness (QED) is 0.276. The number of phenolic OH excluding ortho intramolecular Hbond substituents is 1. The van der Waals surface area contributed by atoms with E-state index in [0.717, 1.165) is 62.8 Å². The van der Waals surface area contributed by atoms with E-state index in [2.05, 4.69) is 41.6 Å². The summed E-state index contributed by atoms with van der Waals surface area (Å²) in [5.41, 5.74) is 3.99. The van der Waals surface area contributed by atoms with E-state index in [4.69, 9.17) is 16.1 Å². The molecule has 0 bridgehead atoms. The van der Waals surface area contributed by atoms with Crippen LogP contribution in [0.1, 0.15) is 84.3 Å². The van der Waals surface area contributed by atoms with Gasteiger partial charge >= 0.3 is 6.01 Å². The minimum Gasteiger partial charge on any atom is -0.508 e. The Kier molecular flexibility index (Phi) is 8.46. The lowest BCUT2D eigenvalue weighted by molar-refractivity contribution is 0.214. The van der Waals surface area contributed by atoms with Crippen molar-refractivity contribution >= 4 is 22.3 Å². The molecule has 1 N–H and O–H groups in total. The van der Waals surface area contributed by atoms with E-state index < -0.39 is 5.82 Å². The number of terminal acetylenes is 1. The summed E-state index contributed by atoms with van der Waals surface area (Å²) < 4.78 is 23.0. The first-order valence-electron chi connectivity index (χ1n) is 15.3. The molecular formula is C35H43FN4O2. The number of halogens is 1. The number of ether oxygens (including phenoxy) is 1. The van der Waals surface area contributed by atoms with Crippen LogP contribution in [-0.4, -0.2) is 39.8 Å². The van der Waals surface area contributed by atoms with Gasteiger partial charge in [-0.3, -0.25) is 4.98 Å². The molecule has 0 amide bonds. The lowest BCUT2D eigenvalue weighted by atomic mass is 9.89. The van der Waals surface area contributed by atoms with E-state index >= 15 is 4.39 Å². The van der Waals surface area contributed by atoms with E-state index in [1.54, 1.807) is 12.3 Å². The van der Waals surface area contributed by atoms with Gasteiger partial charge in [0.15, 0.2) is 5.82 Å². The second kappa shape index (κ2) is 11.9. The molecule has 5 rings (SSSR count). The van der Waals surface area contributed by atoms with Gasteiger partial charge in [0.05, 0.1) is 12.0 Å². The smallest absolute Gasteiger partial charge is 0.319 e. The van der Waals surface area contributed by atoms with Gasteiger partial charge in [-0.05, 0) is 81.9 Å². The maximum absolute atomic E-state index is 16.8. The molecule has 42 heavy (non-hydrogen) atoms. The molecule has 7 heteroatoms. The standard InChI is InChI=1S/C35H43FN4O2/c1-8-23(6)26(9-2)29-24(7)15-25(41)16-27(29)31-30(36)32-28(17-37-31)33(40-18-21(4)11-12-22(5)19-40)39-34(38-32)42-20-35(10-3)13-14-35/h2,15-17,21-22,41H,8,10-14,18-20H2,1,3-7H3/b26-23-. The number of hydrogen-bond donors (Lipinski definition) is 1. The summed E-state index contributed by atoms with van der Waals surface area (Å²) in [6, 6.07) is 3.37. The highest BCUT2D eigenvalue weighted by Crippen LogP contribution is 2.49. The van der Waals surface area contributed by atoms with Crippen LogP contribution in [0.5, 0.6) is 11.8 Å². The minimum absolute atomic E-state index is 0.0207. The highest BCUT2D eigenvalue weighted by molar-refractivity contribution is 5.95. The van der Waals surface area contributed by atoms with E-state index in [1.807, 2.05) is 20.8 Å². The number of allylic oxidation sites excluding steroid dienone is 2. The number of anilines is 1. The van der Waals surface area contributed by atoms with Crippen LogP contribution < -0.4 is 9.64 Å². The van der Waals surface area contributed by atoms with Crippen LogP contribution >= 0.6 is 0 Å². The first-order valence-corrected chi connectivity index (χ1v) is 15.3. The van der Waals surface area contributed by atoms with Crippen molar-refractivity contribution in [3.63, 3.8) is 0 Å².